The Labute approximate surface area is 245 Å². The average Bonchev–Trinajstić information content (AvgIpc) is 3.33. The first kappa shape index (κ1) is 33.3. The summed E-state index contributed by atoms with van der Waals surface area (Å²) >= 11 is 0. The van der Waals surface area contributed by atoms with Crippen LogP contribution < -0.4 is 0 Å². The molecule has 3 rings (SSSR count). The van der Waals surface area contributed by atoms with E-state index in [4.69, 9.17) is 30.8 Å². The van der Waals surface area contributed by atoms with E-state index in [2.05, 4.69) is 64.7 Å². The molecule has 0 spiro atoms. The van der Waals surface area contributed by atoms with Crippen LogP contribution in [0.4, 0.5) is 0 Å². The zero-order valence-electron chi connectivity index (χ0n) is 25.8. The Morgan fingerprint density at radius 1 is 0.805 bits per heavy atom. The highest BCUT2D eigenvalue weighted by Crippen LogP contribution is 2.66. The Balaban J connectivity index is 1.92. The van der Waals surface area contributed by atoms with Gasteiger partial charge in [-0.3, -0.25) is 0 Å². The number of azide groups is 3. The Hall–Kier alpha value is -2.19. The van der Waals surface area contributed by atoms with Gasteiger partial charge >= 0.3 is 0 Å². The Bertz CT molecular complexity index is 969. The molecule has 0 amide bonds. The van der Waals surface area contributed by atoms with Crippen molar-refractivity contribution in [3.05, 3.63) is 31.3 Å². The first-order valence-corrected chi connectivity index (χ1v) is 15.6. The van der Waals surface area contributed by atoms with Crippen LogP contribution in [0.1, 0.15) is 86.0 Å². The molecule has 0 N–H and O–H groups in total. The van der Waals surface area contributed by atoms with E-state index in [9.17, 15) is 0 Å². The topological polar surface area (TPSA) is 174 Å². The van der Waals surface area contributed by atoms with E-state index in [1.807, 2.05) is 0 Å². The number of fused-ring (bicyclic) bond motifs is 1. The van der Waals surface area contributed by atoms with Crippen molar-refractivity contribution in [2.24, 2.45) is 55.8 Å². The van der Waals surface area contributed by atoms with Crippen molar-refractivity contribution in [3.8, 4) is 0 Å². The lowest BCUT2D eigenvalue weighted by Crippen LogP contribution is -2.58. The van der Waals surface area contributed by atoms with Crippen molar-refractivity contribution in [2.75, 3.05) is 39.5 Å². The number of nitrogens with zero attached hydrogens (tertiary/aromatic N) is 9. The SMILES string of the molecule is CC[C@@H](OCCN=[N+]=[N-])C1[C@@H]2CC[C@H](C(C)C)[C@@]2(C)[C@@H](OCCN=[N+]=[N-])C[C@@H]1[C@]1(C)CC[C@H](OCCN=[N+]=[N-])CC1. The average molecular weight is 574 g/mol. The van der Waals surface area contributed by atoms with Crippen LogP contribution in [0.5, 0.6) is 0 Å². The summed E-state index contributed by atoms with van der Waals surface area (Å²) in [6.07, 6.45) is 8.71. The predicted octanol–water partition coefficient (Wildman–Crippen LogP) is 8.39. The second-order valence-electron chi connectivity index (χ2n) is 13.1. The predicted molar refractivity (Wildman–Crippen MR) is 159 cm³/mol. The lowest BCUT2D eigenvalue weighted by atomic mass is 9.48. The van der Waals surface area contributed by atoms with Gasteiger partial charge in [0.25, 0.3) is 0 Å². The summed E-state index contributed by atoms with van der Waals surface area (Å²) in [6.45, 7) is 14.2. The van der Waals surface area contributed by atoms with Gasteiger partial charge in [0.15, 0.2) is 0 Å². The van der Waals surface area contributed by atoms with Crippen LogP contribution in [0.15, 0.2) is 15.3 Å². The molecular weight excluding hydrogens is 522 g/mol. The van der Waals surface area contributed by atoms with Crippen LogP contribution in [0, 0.1) is 40.4 Å². The minimum absolute atomic E-state index is 0.00517. The Morgan fingerprint density at radius 2 is 1.39 bits per heavy atom. The van der Waals surface area contributed by atoms with Gasteiger partial charge in [0.2, 0.25) is 0 Å². The van der Waals surface area contributed by atoms with Gasteiger partial charge in [-0.1, -0.05) is 50.0 Å². The van der Waals surface area contributed by atoms with E-state index in [0.29, 0.717) is 69.0 Å². The molecule has 0 radical (unpaired) electrons. The molecular formula is C29H51N9O3. The Kier molecular flexibility index (Phi) is 12.9. The van der Waals surface area contributed by atoms with E-state index in [1.165, 1.54) is 6.42 Å². The van der Waals surface area contributed by atoms with Gasteiger partial charge in [-0.15, -0.1) is 0 Å². The van der Waals surface area contributed by atoms with Crippen LogP contribution in [0.2, 0.25) is 0 Å². The molecule has 0 aliphatic heterocycles. The van der Waals surface area contributed by atoms with E-state index >= 15 is 0 Å². The molecule has 0 aromatic rings. The smallest absolute Gasteiger partial charge is 0.0637 e. The summed E-state index contributed by atoms with van der Waals surface area (Å²) in [5, 5.41) is 11.1. The summed E-state index contributed by atoms with van der Waals surface area (Å²) in [7, 11) is 0. The van der Waals surface area contributed by atoms with Crippen molar-refractivity contribution < 1.29 is 14.2 Å². The van der Waals surface area contributed by atoms with Crippen LogP contribution in [-0.4, -0.2) is 57.8 Å². The molecule has 3 saturated carbocycles. The lowest BCUT2D eigenvalue weighted by molar-refractivity contribution is -0.189. The van der Waals surface area contributed by atoms with E-state index in [0.717, 1.165) is 44.9 Å². The lowest BCUT2D eigenvalue weighted by Gasteiger charge is -2.60. The molecule has 3 fully saturated rings. The molecule has 230 valence electrons. The molecule has 0 saturated heterocycles. The van der Waals surface area contributed by atoms with Crippen molar-refractivity contribution in [3.63, 3.8) is 0 Å². The highest BCUT2D eigenvalue weighted by atomic mass is 16.5. The molecule has 0 aromatic carbocycles. The summed E-state index contributed by atoms with van der Waals surface area (Å²) in [6, 6.07) is 0. The monoisotopic (exact) mass is 573 g/mol. The number of rotatable bonds is 16. The highest BCUT2D eigenvalue weighted by molar-refractivity contribution is 5.11. The molecule has 7 atom stereocenters. The van der Waals surface area contributed by atoms with Gasteiger partial charge in [-0.2, -0.15) is 0 Å². The molecule has 0 aromatic heterocycles. The molecule has 1 unspecified atom stereocenters. The standard InChI is InChI=1S/C29H51N9O3/c1-6-25(40-17-14-34-37-31)27-23-8-7-22(20(2)3)29(23,5)26(41-18-15-35-38-32)19-24(27)28(4)11-9-21(10-12-28)39-16-13-33-36-30/h20-27H,6-19H2,1-5H3/t21-,22-,23+,24+,25-,26+,27?,28+,29-/m1/s1. The summed E-state index contributed by atoms with van der Waals surface area (Å²) in [5.41, 5.74) is 26.3. The zero-order valence-corrected chi connectivity index (χ0v) is 25.8. The minimum Gasteiger partial charge on any atom is -0.378 e. The fraction of sp³-hybridized carbons (Fsp3) is 1.00. The summed E-state index contributed by atoms with van der Waals surface area (Å²) in [4.78, 5) is 8.68. The maximum atomic E-state index is 8.83. The second-order valence-corrected chi connectivity index (χ2v) is 13.1. The van der Waals surface area contributed by atoms with Gasteiger partial charge in [-0.25, -0.2) is 0 Å². The van der Waals surface area contributed by atoms with Crippen LogP contribution >= 0.6 is 0 Å². The van der Waals surface area contributed by atoms with Crippen molar-refractivity contribution in [1.82, 2.24) is 0 Å². The number of hydrogen-bond acceptors (Lipinski definition) is 6. The van der Waals surface area contributed by atoms with Crippen molar-refractivity contribution >= 4 is 0 Å². The van der Waals surface area contributed by atoms with Gasteiger partial charge in [-0.05, 0) is 103 Å². The largest absolute Gasteiger partial charge is 0.378 e. The number of ether oxygens (including phenoxy) is 3. The maximum Gasteiger partial charge on any atom is 0.0637 e. The maximum absolute atomic E-state index is 8.83. The van der Waals surface area contributed by atoms with Crippen molar-refractivity contribution in [2.45, 2.75) is 104 Å². The second kappa shape index (κ2) is 15.9. The van der Waals surface area contributed by atoms with Gasteiger partial charge in [0.05, 0.1) is 38.1 Å². The third kappa shape index (κ3) is 7.81. The van der Waals surface area contributed by atoms with Crippen molar-refractivity contribution in [1.29, 1.82) is 0 Å². The molecule has 12 heteroatoms. The summed E-state index contributed by atoms with van der Waals surface area (Å²) in [5.74, 6) is 2.34. The fourth-order valence-corrected chi connectivity index (χ4v) is 8.99. The molecule has 3 aliphatic carbocycles. The molecule has 0 bridgehead atoms. The third-order valence-electron chi connectivity index (χ3n) is 10.9. The highest BCUT2D eigenvalue weighted by Gasteiger charge is 2.63. The molecule has 0 heterocycles. The summed E-state index contributed by atoms with van der Waals surface area (Å²) < 4.78 is 19.3. The normalized spacial score (nSPS) is 35.6. The molecule has 3 aliphatic rings. The first-order valence-electron chi connectivity index (χ1n) is 15.6. The Morgan fingerprint density at radius 3 is 1.95 bits per heavy atom. The third-order valence-corrected chi connectivity index (χ3v) is 10.9. The van der Waals surface area contributed by atoms with E-state index in [1.54, 1.807) is 0 Å². The fourth-order valence-electron chi connectivity index (χ4n) is 8.99. The van der Waals surface area contributed by atoms with Crippen LogP contribution in [0.25, 0.3) is 31.3 Å². The van der Waals surface area contributed by atoms with Crippen LogP contribution in [0.3, 0.4) is 0 Å². The van der Waals surface area contributed by atoms with Gasteiger partial charge < -0.3 is 14.2 Å². The first-order chi connectivity index (χ1) is 19.8. The zero-order chi connectivity index (χ0) is 29.9. The van der Waals surface area contributed by atoms with Crippen LogP contribution in [-0.2, 0) is 14.2 Å². The van der Waals surface area contributed by atoms with E-state index < -0.39 is 0 Å². The molecule has 41 heavy (non-hydrogen) atoms. The minimum atomic E-state index is 0.00517. The molecule has 12 nitrogen and oxygen atoms in total. The van der Waals surface area contributed by atoms with Gasteiger partial charge in [0, 0.05) is 39.8 Å². The quantitative estimate of drug-likeness (QED) is 0.0781. The number of hydrogen-bond donors (Lipinski definition) is 0. The van der Waals surface area contributed by atoms with Gasteiger partial charge in [0.1, 0.15) is 0 Å². The van der Waals surface area contributed by atoms with E-state index in [-0.39, 0.29) is 29.1 Å².